The standard InChI is InChI=1S/C97H154F6N12S2/c1-17-19-21-23-25-27-29-31-33-35-61-104-89-108-91(112-93(110-89)114(63-57-73(11)45-37-41-69(3)4)64-58-74(12)46-38-42-70(5)6)106-81-53-49-79(50-54-81)85-67-83(77(15)116-85)87-88(96(100,101)97(102,103)95(87,98)99)84-68-86(117-78(84)16)80-51-55-82(56-52-80)107-92-109-90(105-62-36-34-32-30-28-26-24-22-20-18-2)111-94(113-92)115(65-59-75(13)47-39-43-71(7)8)66-60-76(14)48-40-44-72(9)10/h49-56,67-76H,17-48,57-66H2,1-16H3,(H2,104,106,108,110,112)(H2,105,107,109,111,113)/t73-,74-,75-,76-/m0/s1. The number of hydrogen-bond acceptors (Lipinski definition) is 14. The first-order valence-electron chi connectivity index (χ1n) is 46.3. The summed E-state index contributed by atoms with van der Waals surface area (Å²) in [6.45, 7) is 39.9. The summed E-state index contributed by atoms with van der Waals surface area (Å²) in [6, 6.07) is 17.3. The third-order valence-corrected chi connectivity index (χ3v) is 26.0. The molecule has 1 aliphatic rings. The van der Waals surface area contributed by atoms with Crippen LogP contribution >= 0.6 is 22.7 Å². The fourth-order valence-corrected chi connectivity index (χ4v) is 18.0. The summed E-state index contributed by atoms with van der Waals surface area (Å²) in [5.41, 5.74) is -0.916. The smallest absolute Gasteiger partial charge is 0.354 e. The van der Waals surface area contributed by atoms with Gasteiger partial charge in [0.05, 0.1) is 0 Å². The molecule has 1 aliphatic carbocycles. The summed E-state index contributed by atoms with van der Waals surface area (Å²) in [4.78, 5) is 36.3. The highest BCUT2D eigenvalue weighted by molar-refractivity contribution is 7.16. The van der Waals surface area contributed by atoms with Crippen LogP contribution in [0.2, 0.25) is 0 Å². The van der Waals surface area contributed by atoms with Gasteiger partial charge >= 0.3 is 17.8 Å². The Kier molecular flexibility index (Phi) is 42.8. The van der Waals surface area contributed by atoms with Crippen LogP contribution in [-0.2, 0) is 0 Å². The molecule has 0 aliphatic heterocycles. The average Bonchev–Trinajstić information content (AvgIpc) is 1.52. The lowest BCUT2D eigenvalue weighted by molar-refractivity contribution is -0.254. The third-order valence-electron chi connectivity index (χ3n) is 23.8. The van der Waals surface area contributed by atoms with E-state index in [0.29, 0.717) is 115 Å². The molecule has 4 atom stereocenters. The normalized spacial score (nSPS) is 15.0. The van der Waals surface area contributed by atoms with Crippen LogP contribution in [0.5, 0.6) is 0 Å². The average molecular weight is 1670 g/mol. The molecule has 0 amide bonds. The van der Waals surface area contributed by atoms with Gasteiger partial charge in [-0.25, -0.2) is 0 Å². The second kappa shape index (κ2) is 51.0. The topological polar surface area (TPSA) is 132 Å². The van der Waals surface area contributed by atoms with Crippen molar-refractivity contribution in [3.63, 3.8) is 0 Å². The highest BCUT2D eigenvalue weighted by atomic mass is 32.1. The summed E-state index contributed by atoms with van der Waals surface area (Å²) in [7, 11) is 0. The number of hydrogen-bond donors (Lipinski definition) is 4. The number of unbranched alkanes of at least 4 members (excludes halogenated alkanes) is 18. The lowest BCUT2D eigenvalue weighted by atomic mass is 9.94. The molecule has 2 aromatic carbocycles. The molecule has 117 heavy (non-hydrogen) atoms. The number of anilines is 8. The van der Waals surface area contributed by atoms with Crippen LogP contribution in [0, 0.1) is 61.2 Å². The number of alkyl halides is 6. The number of nitrogens with zero attached hydrogens (tertiary/aromatic N) is 8. The Labute approximate surface area is 712 Å². The zero-order valence-electron chi connectivity index (χ0n) is 75.3. The van der Waals surface area contributed by atoms with E-state index in [1.54, 1.807) is 24.3 Å². The Morgan fingerprint density at radius 1 is 0.333 bits per heavy atom. The van der Waals surface area contributed by atoms with Crippen LogP contribution < -0.4 is 31.1 Å². The largest absolute Gasteiger partial charge is 0.380 e. The molecule has 0 unspecified atom stereocenters. The number of aromatic nitrogens is 6. The molecule has 7 rings (SSSR count). The predicted molar refractivity (Wildman–Crippen MR) is 492 cm³/mol. The van der Waals surface area contributed by atoms with Gasteiger partial charge in [-0.05, 0) is 158 Å². The Bertz CT molecular complexity index is 3490. The summed E-state index contributed by atoms with van der Waals surface area (Å²) in [5, 5.41) is 14.0. The number of rotatable bonds is 62. The van der Waals surface area contributed by atoms with Crippen molar-refractivity contribution in [1.82, 2.24) is 29.9 Å². The van der Waals surface area contributed by atoms with Crippen molar-refractivity contribution in [1.29, 1.82) is 0 Å². The van der Waals surface area contributed by atoms with E-state index >= 15 is 26.3 Å². The van der Waals surface area contributed by atoms with E-state index in [-0.39, 0.29) is 20.9 Å². The summed E-state index contributed by atoms with van der Waals surface area (Å²) >= 11 is 2.19. The lowest BCUT2D eigenvalue weighted by Crippen LogP contribution is -2.48. The monoisotopic (exact) mass is 1670 g/mol. The molecular formula is C97H154F6N12S2. The van der Waals surface area contributed by atoms with Gasteiger partial charge in [-0.3, -0.25) is 0 Å². The van der Waals surface area contributed by atoms with Crippen molar-refractivity contribution in [2.75, 3.05) is 70.3 Å². The third kappa shape index (κ3) is 32.7. The molecule has 0 radical (unpaired) electrons. The van der Waals surface area contributed by atoms with E-state index in [9.17, 15) is 0 Å². The van der Waals surface area contributed by atoms with Gasteiger partial charge in [-0.15, -0.1) is 22.7 Å². The Morgan fingerprint density at radius 3 is 0.889 bits per heavy atom. The number of nitrogens with one attached hydrogen (secondary N) is 4. The van der Waals surface area contributed by atoms with Gasteiger partial charge in [-0.2, -0.15) is 56.2 Å². The molecule has 20 heteroatoms. The molecule has 12 nitrogen and oxygen atoms in total. The molecule has 656 valence electrons. The van der Waals surface area contributed by atoms with Gasteiger partial charge in [0.1, 0.15) is 0 Å². The minimum atomic E-state index is -5.73. The molecule has 4 heterocycles. The van der Waals surface area contributed by atoms with Crippen LogP contribution in [0.4, 0.5) is 73.4 Å². The van der Waals surface area contributed by atoms with Crippen LogP contribution in [0.25, 0.3) is 32.0 Å². The number of aryl methyl sites for hydroxylation is 2. The predicted octanol–water partition coefficient (Wildman–Crippen LogP) is 31.1. The zero-order chi connectivity index (χ0) is 84.9. The van der Waals surface area contributed by atoms with Crippen molar-refractivity contribution >= 4 is 80.9 Å². The maximum absolute atomic E-state index is 16.8. The Morgan fingerprint density at radius 2 is 0.607 bits per heavy atom. The van der Waals surface area contributed by atoms with E-state index in [4.69, 9.17) is 29.9 Å². The molecule has 0 bridgehead atoms. The number of halogens is 6. The molecule has 4 aromatic heterocycles. The lowest BCUT2D eigenvalue weighted by Gasteiger charge is -2.26. The molecular weight excluding hydrogens is 1510 g/mol. The summed E-state index contributed by atoms with van der Waals surface area (Å²) in [5.74, 6) is -8.43. The number of benzene rings is 2. The molecule has 0 spiro atoms. The quantitative estimate of drug-likeness (QED) is 0.0214. The Hall–Kier alpha value is -6.02. The highest BCUT2D eigenvalue weighted by Crippen LogP contribution is 2.66. The van der Waals surface area contributed by atoms with Gasteiger partial charge < -0.3 is 31.1 Å². The number of thiophene rings is 2. The molecule has 6 aromatic rings. The van der Waals surface area contributed by atoms with Gasteiger partial charge in [0.25, 0.3) is 0 Å². The first-order valence-corrected chi connectivity index (χ1v) is 48.0. The molecule has 4 N–H and O–H groups in total. The SMILES string of the molecule is CCCCCCCCCCCCNc1nc(Nc2ccc(-c3cc(C4=C(c5cc(-c6ccc(Nc7nc(NCCCCCCCCCCCC)nc(N(CC[C@@H](C)CCCC(C)C)CC[C@@H](C)CCCC(C)C)n7)cc6)sc5C)C(F)(F)C(F)(F)C4(F)F)c(C)s3)cc2)nc(N(CC[C@@H](C)CCCC(C)C)CC[C@@H](C)CCCC(C)C)n1. The summed E-state index contributed by atoms with van der Waals surface area (Å²) < 4.78 is 99.7. The van der Waals surface area contributed by atoms with Gasteiger partial charge in [0, 0.05) is 81.3 Å². The van der Waals surface area contributed by atoms with Crippen molar-refractivity contribution in [2.45, 2.75) is 360 Å². The van der Waals surface area contributed by atoms with Crippen LogP contribution in [0.1, 0.15) is 349 Å². The minimum Gasteiger partial charge on any atom is -0.354 e. The van der Waals surface area contributed by atoms with Gasteiger partial charge in [0.2, 0.25) is 35.7 Å². The van der Waals surface area contributed by atoms with E-state index in [0.717, 1.165) is 113 Å². The van der Waals surface area contributed by atoms with Gasteiger partial charge in [0.15, 0.2) is 0 Å². The fraction of sp³-hybridized carbons (Fsp3) is 0.711. The van der Waals surface area contributed by atoms with Gasteiger partial charge in [-0.1, -0.05) is 314 Å². The van der Waals surface area contributed by atoms with Crippen molar-refractivity contribution in [2.24, 2.45) is 47.3 Å². The van der Waals surface area contributed by atoms with Crippen LogP contribution in [0.15, 0.2) is 60.7 Å². The van der Waals surface area contributed by atoms with Crippen LogP contribution in [0.3, 0.4) is 0 Å². The van der Waals surface area contributed by atoms with E-state index in [2.05, 4.69) is 128 Å². The van der Waals surface area contributed by atoms with E-state index < -0.39 is 28.9 Å². The fourth-order valence-electron chi connectivity index (χ4n) is 16.0. The maximum atomic E-state index is 16.8. The highest BCUT2D eigenvalue weighted by Gasteiger charge is 2.80. The van der Waals surface area contributed by atoms with Crippen molar-refractivity contribution < 1.29 is 26.3 Å². The second-order valence-electron chi connectivity index (χ2n) is 36.7. The summed E-state index contributed by atoms with van der Waals surface area (Å²) in [6.07, 6.45) is 43.0. The second-order valence-corrected chi connectivity index (χ2v) is 39.2. The first-order chi connectivity index (χ1) is 56.0. The van der Waals surface area contributed by atoms with Crippen molar-refractivity contribution in [3.05, 3.63) is 81.5 Å². The van der Waals surface area contributed by atoms with E-state index in [1.165, 1.54) is 206 Å². The van der Waals surface area contributed by atoms with E-state index in [1.807, 2.05) is 24.3 Å². The minimum absolute atomic E-state index is 0.207. The Balaban J connectivity index is 1.14. The van der Waals surface area contributed by atoms with Crippen LogP contribution in [-0.4, -0.2) is 86.9 Å². The maximum Gasteiger partial charge on any atom is 0.380 e. The molecule has 0 fully saturated rings. The molecule has 0 saturated carbocycles. The van der Waals surface area contributed by atoms with Crippen molar-refractivity contribution in [3.8, 4) is 20.9 Å². The number of allylic oxidation sites excluding steroid dienone is 2. The molecule has 0 saturated heterocycles. The zero-order valence-corrected chi connectivity index (χ0v) is 76.9. The first kappa shape index (κ1) is 98.1.